The fourth-order valence-electron chi connectivity index (χ4n) is 2.01. The fourth-order valence-corrected chi connectivity index (χ4v) is 2.01. The molecule has 0 saturated carbocycles. The van der Waals surface area contributed by atoms with Gasteiger partial charge >= 0.3 is 0 Å². The van der Waals surface area contributed by atoms with Gasteiger partial charge in [-0.3, -0.25) is 0 Å². The molecule has 0 aliphatic heterocycles. The molecule has 3 aromatic heterocycles. The van der Waals surface area contributed by atoms with E-state index in [-0.39, 0.29) is 0 Å². The zero-order valence-electron chi connectivity index (χ0n) is 10.3. The van der Waals surface area contributed by atoms with Crippen LogP contribution < -0.4 is 5.32 Å². The molecule has 18 heavy (non-hydrogen) atoms. The lowest BCUT2D eigenvalue weighted by atomic mass is 10.2. The van der Waals surface area contributed by atoms with Crippen molar-refractivity contribution in [3.05, 3.63) is 41.7 Å². The van der Waals surface area contributed by atoms with Crippen molar-refractivity contribution in [3.8, 4) is 0 Å². The summed E-state index contributed by atoms with van der Waals surface area (Å²) in [5.74, 6) is 1.71. The molecule has 0 aliphatic rings. The van der Waals surface area contributed by atoms with Gasteiger partial charge in [-0.1, -0.05) is 0 Å². The van der Waals surface area contributed by atoms with Gasteiger partial charge in [0.15, 0.2) is 0 Å². The number of furan rings is 1. The van der Waals surface area contributed by atoms with Crippen LogP contribution in [0, 0.1) is 13.8 Å². The van der Waals surface area contributed by atoms with Crippen molar-refractivity contribution >= 4 is 16.9 Å². The van der Waals surface area contributed by atoms with Crippen LogP contribution in [-0.4, -0.2) is 15.0 Å². The second-order valence-electron chi connectivity index (χ2n) is 4.25. The van der Waals surface area contributed by atoms with E-state index in [4.69, 9.17) is 4.42 Å². The number of fused-ring (bicyclic) bond motifs is 1. The van der Waals surface area contributed by atoms with E-state index < -0.39 is 0 Å². The zero-order chi connectivity index (χ0) is 12.5. The number of H-pyrrole nitrogens is 1. The Bertz CT molecular complexity index is 670. The van der Waals surface area contributed by atoms with Crippen molar-refractivity contribution in [2.75, 3.05) is 5.32 Å². The van der Waals surface area contributed by atoms with Crippen LogP contribution in [0.2, 0.25) is 0 Å². The van der Waals surface area contributed by atoms with Crippen LogP contribution in [0.4, 0.5) is 5.82 Å². The summed E-state index contributed by atoms with van der Waals surface area (Å²) in [7, 11) is 0. The first kappa shape index (κ1) is 10.8. The maximum atomic E-state index is 5.29. The maximum Gasteiger partial charge on any atom is 0.143 e. The Kier molecular flexibility index (Phi) is 2.51. The molecule has 0 unspecified atom stereocenters. The van der Waals surface area contributed by atoms with E-state index in [9.17, 15) is 0 Å². The molecule has 3 aromatic rings. The topological polar surface area (TPSA) is 66.7 Å². The van der Waals surface area contributed by atoms with Gasteiger partial charge < -0.3 is 14.7 Å². The molecule has 0 atom stereocenters. The highest BCUT2D eigenvalue weighted by atomic mass is 16.3. The number of nitrogens with one attached hydrogen (secondary N) is 2. The molecular formula is C13H14N4O. The van der Waals surface area contributed by atoms with Crippen molar-refractivity contribution in [2.45, 2.75) is 20.4 Å². The number of nitrogens with zero attached hydrogens (tertiary/aromatic N) is 2. The van der Waals surface area contributed by atoms with Crippen LogP contribution in [0.3, 0.4) is 0 Å². The molecule has 0 amide bonds. The van der Waals surface area contributed by atoms with Crippen LogP contribution in [0.25, 0.3) is 11.0 Å². The minimum Gasteiger partial charge on any atom is -0.467 e. The summed E-state index contributed by atoms with van der Waals surface area (Å²) in [5, 5.41) is 4.32. The van der Waals surface area contributed by atoms with Crippen molar-refractivity contribution in [3.63, 3.8) is 0 Å². The van der Waals surface area contributed by atoms with E-state index in [0.717, 1.165) is 28.3 Å². The van der Waals surface area contributed by atoms with E-state index in [1.54, 1.807) is 12.6 Å². The summed E-state index contributed by atoms with van der Waals surface area (Å²) < 4.78 is 5.29. The van der Waals surface area contributed by atoms with Gasteiger partial charge in [-0.05, 0) is 31.5 Å². The zero-order valence-corrected chi connectivity index (χ0v) is 10.3. The summed E-state index contributed by atoms with van der Waals surface area (Å²) in [6.07, 6.45) is 3.22. The Morgan fingerprint density at radius 1 is 1.33 bits per heavy atom. The Morgan fingerprint density at radius 2 is 2.22 bits per heavy atom. The molecule has 0 aliphatic carbocycles. The molecule has 3 heterocycles. The quantitative estimate of drug-likeness (QED) is 0.741. The molecule has 92 valence electrons. The SMILES string of the molecule is Cc1[nH]c2ncnc(NCc3ccco3)c2c1C. The molecule has 2 N–H and O–H groups in total. The van der Waals surface area contributed by atoms with E-state index in [0.29, 0.717) is 6.54 Å². The van der Waals surface area contributed by atoms with Crippen LogP contribution in [0.15, 0.2) is 29.1 Å². The smallest absolute Gasteiger partial charge is 0.143 e. The van der Waals surface area contributed by atoms with Gasteiger partial charge in [0.1, 0.15) is 23.6 Å². The molecule has 0 bridgehead atoms. The normalized spacial score (nSPS) is 11.0. The van der Waals surface area contributed by atoms with Crippen molar-refractivity contribution in [2.24, 2.45) is 0 Å². The van der Waals surface area contributed by atoms with Gasteiger partial charge in [-0.25, -0.2) is 9.97 Å². The first-order valence-electron chi connectivity index (χ1n) is 5.82. The number of hydrogen-bond donors (Lipinski definition) is 2. The van der Waals surface area contributed by atoms with Gasteiger partial charge in [-0.15, -0.1) is 0 Å². The van der Waals surface area contributed by atoms with Crippen molar-refractivity contribution in [1.82, 2.24) is 15.0 Å². The molecule has 0 saturated heterocycles. The summed E-state index contributed by atoms with van der Waals surface area (Å²) in [6, 6.07) is 3.80. The number of rotatable bonds is 3. The molecular weight excluding hydrogens is 228 g/mol. The van der Waals surface area contributed by atoms with E-state index in [2.05, 4.69) is 27.2 Å². The van der Waals surface area contributed by atoms with Gasteiger partial charge in [0, 0.05) is 5.69 Å². The van der Waals surface area contributed by atoms with Crippen molar-refractivity contribution < 1.29 is 4.42 Å². The highest BCUT2D eigenvalue weighted by Crippen LogP contribution is 2.25. The number of aromatic nitrogens is 3. The molecule has 5 heteroatoms. The minimum absolute atomic E-state index is 0.614. The van der Waals surface area contributed by atoms with Gasteiger partial charge in [-0.2, -0.15) is 0 Å². The Hall–Kier alpha value is -2.30. The van der Waals surface area contributed by atoms with E-state index in [1.807, 2.05) is 19.1 Å². The first-order chi connectivity index (χ1) is 8.75. The number of hydrogen-bond acceptors (Lipinski definition) is 4. The highest BCUT2D eigenvalue weighted by Gasteiger charge is 2.11. The number of aryl methyl sites for hydroxylation is 2. The lowest BCUT2D eigenvalue weighted by molar-refractivity contribution is 0.518. The molecule has 0 radical (unpaired) electrons. The minimum atomic E-state index is 0.614. The summed E-state index contributed by atoms with van der Waals surface area (Å²) in [4.78, 5) is 11.8. The predicted octanol–water partition coefficient (Wildman–Crippen LogP) is 2.78. The van der Waals surface area contributed by atoms with E-state index in [1.165, 1.54) is 5.56 Å². The Balaban J connectivity index is 1.96. The van der Waals surface area contributed by atoms with Gasteiger partial charge in [0.25, 0.3) is 0 Å². The average molecular weight is 242 g/mol. The van der Waals surface area contributed by atoms with E-state index >= 15 is 0 Å². The predicted molar refractivity (Wildman–Crippen MR) is 69.4 cm³/mol. The lowest BCUT2D eigenvalue weighted by Crippen LogP contribution is -2.01. The van der Waals surface area contributed by atoms with Crippen molar-refractivity contribution in [1.29, 1.82) is 0 Å². The highest BCUT2D eigenvalue weighted by molar-refractivity contribution is 5.91. The third-order valence-electron chi connectivity index (χ3n) is 3.10. The third kappa shape index (κ3) is 1.73. The number of aromatic amines is 1. The van der Waals surface area contributed by atoms with Crippen LogP contribution in [0.1, 0.15) is 17.0 Å². The second kappa shape index (κ2) is 4.18. The summed E-state index contributed by atoms with van der Waals surface area (Å²) >= 11 is 0. The Labute approximate surface area is 104 Å². The number of anilines is 1. The fraction of sp³-hybridized carbons (Fsp3) is 0.231. The van der Waals surface area contributed by atoms with Crippen LogP contribution in [0.5, 0.6) is 0 Å². The van der Waals surface area contributed by atoms with Gasteiger partial charge in [0.05, 0.1) is 18.2 Å². The second-order valence-corrected chi connectivity index (χ2v) is 4.25. The molecule has 0 fully saturated rings. The monoisotopic (exact) mass is 242 g/mol. The molecule has 0 aromatic carbocycles. The molecule has 5 nitrogen and oxygen atoms in total. The summed E-state index contributed by atoms with van der Waals surface area (Å²) in [6.45, 7) is 4.71. The molecule has 3 rings (SSSR count). The largest absolute Gasteiger partial charge is 0.467 e. The average Bonchev–Trinajstić information content (AvgIpc) is 2.97. The van der Waals surface area contributed by atoms with Gasteiger partial charge in [0.2, 0.25) is 0 Å². The summed E-state index contributed by atoms with van der Waals surface area (Å²) in [5.41, 5.74) is 3.15. The third-order valence-corrected chi connectivity index (χ3v) is 3.10. The molecule has 0 spiro atoms. The first-order valence-corrected chi connectivity index (χ1v) is 5.82. The van der Waals surface area contributed by atoms with Crippen LogP contribution >= 0.6 is 0 Å². The standard InChI is InChI=1S/C13H14N4O/c1-8-9(2)17-13-11(8)12(15-7-16-13)14-6-10-4-3-5-18-10/h3-5,7H,6H2,1-2H3,(H2,14,15,16,17). The van der Waals surface area contributed by atoms with Crippen LogP contribution in [-0.2, 0) is 6.54 Å². The maximum absolute atomic E-state index is 5.29. The lowest BCUT2D eigenvalue weighted by Gasteiger charge is -2.05. The Morgan fingerprint density at radius 3 is 3.00 bits per heavy atom.